The summed E-state index contributed by atoms with van der Waals surface area (Å²) in [4.78, 5) is 13.7. The van der Waals surface area contributed by atoms with Crippen molar-refractivity contribution >= 4 is 16.7 Å². The second-order valence-corrected chi connectivity index (χ2v) is 5.84. The summed E-state index contributed by atoms with van der Waals surface area (Å²) in [6.45, 7) is 4.46. The molecule has 2 aromatic carbocycles. The van der Waals surface area contributed by atoms with Crippen LogP contribution in [0.15, 0.2) is 42.5 Å². The molecule has 3 rings (SSSR count). The van der Waals surface area contributed by atoms with Crippen LogP contribution in [0.4, 0.5) is 0 Å². The minimum Gasteiger partial charge on any atom is -0.367 e. The van der Waals surface area contributed by atoms with Crippen LogP contribution in [0.25, 0.3) is 10.8 Å². The van der Waals surface area contributed by atoms with Crippen molar-refractivity contribution in [3.8, 4) is 0 Å². The Morgan fingerprint density at radius 2 is 2.05 bits per heavy atom. The number of primary amides is 1. The van der Waals surface area contributed by atoms with Crippen LogP contribution in [0.1, 0.15) is 12.5 Å². The maximum Gasteiger partial charge on any atom is 0.250 e. The zero-order valence-corrected chi connectivity index (χ0v) is 12.2. The average Bonchev–Trinajstić information content (AvgIpc) is 2.47. The van der Waals surface area contributed by atoms with E-state index in [1.54, 1.807) is 6.92 Å². The number of morpholine rings is 1. The van der Waals surface area contributed by atoms with Crippen LogP contribution in [0.3, 0.4) is 0 Å². The van der Waals surface area contributed by atoms with E-state index in [0.29, 0.717) is 13.2 Å². The summed E-state index contributed by atoms with van der Waals surface area (Å²) in [5.41, 5.74) is 5.80. The summed E-state index contributed by atoms with van der Waals surface area (Å²) in [7, 11) is 0. The molecule has 2 aromatic rings. The summed E-state index contributed by atoms with van der Waals surface area (Å²) in [6.07, 6.45) is 0. The van der Waals surface area contributed by atoms with E-state index in [1.165, 1.54) is 16.3 Å². The number of nitrogens with two attached hydrogens (primary N) is 1. The predicted octanol–water partition coefficient (Wildman–Crippen LogP) is 1.92. The third-order valence-electron chi connectivity index (χ3n) is 4.09. The lowest BCUT2D eigenvalue weighted by Gasteiger charge is -2.38. The molecule has 0 radical (unpaired) electrons. The molecular formula is C17H20N2O2. The number of hydrogen-bond acceptors (Lipinski definition) is 3. The fourth-order valence-electron chi connectivity index (χ4n) is 2.83. The molecule has 1 atom stereocenters. The second kappa shape index (κ2) is 5.47. The van der Waals surface area contributed by atoms with Gasteiger partial charge in [0, 0.05) is 19.6 Å². The molecule has 0 aliphatic carbocycles. The Balaban J connectivity index is 1.77. The van der Waals surface area contributed by atoms with Crippen LogP contribution in [-0.2, 0) is 16.1 Å². The number of amides is 1. The second-order valence-electron chi connectivity index (χ2n) is 5.84. The smallest absolute Gasteiger partial charge is 0.250 e. The molecule has 0 bridgehead atoms. The number of ether oxygens (including phenoxy) is 1. The molecule has 1 saturated heterocycles. The van der Waals surface area contributed by atoms with E-state index >= 15 is 0 Å². The zero-order chi connectivity index (χ0) is 14.9. The Labute approximate surface area is 124 Å². The third-order valence-corrected chi connectivity index (χ3v) is 4.09. The minimum atomic E-state index is -0.880. The first-order chi connectivity index (χ1) is 10.1. The Hall–Kier alpha value is -1.91. The van der Waals surface area contributed by atoms with Gasteiger partial charge in [0.1, 0.15) is 0 Å². The molecule has 1 amide bonds. The summed E-state index contributed by atoms with van der Waals surface area (Å²) in [6, 6.07) is 14.8. The maximum absolute atomic E-state index is 11.5. The lowest BCUT2D eigenvalue weighted by Crippen LogP contribution is -2.56. The van der Waals surface area contributed by atoms with Crippen LogP contribution in [0.2, 0.25) is 0 Å². The normalized spacial score (nSPS) is 23.3. The topological polar surface area (TPSA) is 55.6 Å². The Bertz CT molecular complexity index is 671. The highest BCUT2D eigenvalue weighted by molar-refractivity contribution is 5.84. The summed E-state index contributed by atoms with van der Waals surface area (Å²) < 4.78 is 5.55. The number of benzene rings is 2. The molecular weight excluding hydrogens is 264 g/mol. The van der Waals surface area contributed by atoms with Crippen LogP contribution < -0.4 is 5.73 Å². The van der Waals surface area contributed by atoms with Crippen molar-refractivity contribution in [3.63, 3.8) is 0 Å². The van der Waals surface area contributed by atoms with Gasteiger partial charge in [-0.25, -0.2) is 0 Å². The molecule has 1 aliphatic heterocycles. The van der Waals surface area contributed by atoms with E-state index < -0.39 is 11.5 Å². The summed E-state index contributed by atoms with van der Waals surface area (Å²) in [5, 5.41) is 2.48. The quantitative estimate of drug-likeness (QED) is 0.937. The molecule has 4 nitrogen and oxygen atoms in total. The first-order valence-electron chi connectivity index (χ1n) is 7.21. The van der Waals surface area contributed by atoms with Gasteiger partial charge in [-0.05, 0) is 29.3 Å². The van der Waals surface area contributed by atoms with Gasteiger partial charge in [-0.1, -0.05) is 36.4 Å². The summed E-state index contributed by atoms with van der Waals surface area (Å²) >= 11 is 0. The zero-order valence-electron chi connectivity index (χ0n) is 12.2. The molecule has 0 aromatic heterocycles. The van der Waals surface area contributed by atoms with E-state index in [2.05, 4.69) is 35.2 Å². The van der Waals surface area contributed by atoms with Gasteiger partial charge in [0.15, 0.2) is 5.60 Å². The predicted molar refractivity (Wildman–Crippen MR) is 82.8 cm³/mol. The molecule has 4 heteroatoms. The first kappa shape index (κ1) is 14.0. The highest BCUT2D eigenvalue weighted by Gasteiger charge is 2.37. The molecule has 110 valence electrons. The van der Waals surface area contributed by atoms with Gasteiger partial charge < -0.3 is 10.5 Å². The highest BCUT2D eigenvalue weighted by Crippen LogP contribution is 2.21. The van der Waals surface area contributed by atoms with Crippen molar-refractivity contribution in [1.29, 1.82) is 0 Å². The first-order valence-corrected chi connectivity index (χ1v) is 7.21. The lowest BCUT2D eigenvalue weighted by molar-refractivity contribution is -0.153. The van der Waals surface area contributed by atoms with Gasteiger partial charge in [-0.2, -0.15) is 0 Å². The number of carbonyl (C=O) groups is 1. The molecule has 2 N–H and O–H groups in total. The van der Waals surface area contributed by atoms with Gasteiger partial charge in [-0.3, -0.25) is 9.69 Å². The molecule has 0 spiro atoms. The van der Waals surface area contributed by atoms with Crippen molar-refractivity contribution in [2.75, 3.05) is 19.7 Å². The lowest BCUT2D eigenvalue weighted by atomic mass is 10.0. The van der Waals surface area contributed by atoms with Gasteiger partial charge in [0.25, 0.3) is 5.91 Å². The van der Waals surface area contributed by atoms with Crippen molar-refractivity contribution in [2.24, 2.45) is 5.73 Å². The number of nitrogens with zero attached hydrogens (tertiary/aromatic N) is 1. The molecule has 1 heterocycles. The number of rotatable bonds is 3. The number of hydrogen-bond donors (Lipinski definition) is 1. The average molecular weight is 284 g/mol. The fraction of sp³-hybridized carbons (Fsp3) is 0.353. The van der Waals surface area contributed by atoms with Crippen LogP contribution in [0, 0.1) is 0 Å². The van der Waals surface area contributed by atoms with E-state index in [0.717, 1.165) is 13.1 Å². The van der Waals surface area contributed by atoms with E-state index in [-0.39, 0.29) is 0 Å². The van der Waals surface area contributed by atoms with Crippen molar-refractivity contribution in [3.05, 3.63) is 48.0 Å². The largest absolute Gasteiger partial charge is 0.367 e. The monoisotopic (exact) mass is 284 g/mol. The van der Waals surface area contributed by atoms with E-state index in [1.807, 2.05) is 12.1 Å². The van der Waals surface area contributed by atoms with Gasteiger partial charge in [-0.15, -0.1) is 0 Å². The Morgan fingerprint density at radius 1 is 1.29 bits per heavy atom. The van der Waals surface area contributed by atoms with Gasteiger partial charge in [0.2, 0.25) is 0 Å². The van der Waals surface area contributed by atoms with Crippen molar-refractivity contribution in [1.82, 2.24) is 4.90 Å². The molecule has 1 fully saturated rings. The Kier molecular flexibility index (Phi) is 3.66. The highest BCUT2D eigenvalue weighted by atomic mass is 16.5. The summed E-state index contributed by atoms with van der Waals surface area (Å²) in [5.74, 6) is -0.397. The van der Waals surface area contributed by atoms with Crippen molar-refractivity contribution in [2.45, 2.75) is 19.1 Å². The van der Waals surface area contributed by atoms with Crippen molar-refractivity contribution < 1.29 is 9.53 Å². The van der Waals surface area contributed by atoms with Crippen LogP contribution >= 0.6 is 0 Å². The molecule has 1 unspecified atom stereocenters. The number of carbonyl (C=O) groups excluding carboxylic acids is 1. The van der Waals surface area contributed by atoms with E-state index in [9.17, 15) is 4.79 Å². The fourth-order valence-corrected chi connectivity index (χ4v) is 2.83. The van der Waals surface area contributed by atoms with Crippen LogP contribution in [-0.4, -0.2) is 36.1 Å². The molecule has 0 saturated carbocycles. The van der Waals surface area contributed by atoms with Gasteiger partial charge >= 0.3 is 0 Å². The Morgan fingerprint density at radius 3 is 2.81 bits per heavy atom. The van der Waals surface area contributed by atoms with Crippen LogP contribution in [0.5, 0.6) is 0 Å². The molecule has 1 aliphatic rings. The standard InChI is InChI=1S/C17H20N2O2/c1-17(16(18)20)12-19(8-9-21-17)11-13-6-7-14-4-2-3-5-15(14)10-13/h2-7,10H,8-9,11-12H2,1H3,(H2,18,20). The maximum atomic E-state index is 11.5. The van der Waals surface area contributed by atoms with Gasteiger partial charge in [0.05, 0.1) is 6.61 Å². The van der Waals surface area contributed by atoms with E-state index in [4.69, 9.17) is 10.5 Å². The minimum absolute atomic E-state index is 0.397. The number of fused-ring (bicyclic) bond motifs is 1. The molecule has 21 heavy (non-hydrogen) atoms. The third kappa shape index (κ3) is 2.91. The SMILES string of the molecule is CC1(C(N)=O)CN(Cc2ccc3ccccc3c2)CCO1.